The van der Waals surface area contributed by atoms with E-state index in [1.165, 1.54) is 0 Å². The van der Waals surface area contributed by atoms with Crippen molar-refractivity contribution in [2.45, 2.75) is 26.8 Å². The minimum Gasteiger partial charge on any atom is -0.452 e. The van der Waals surface area contributed by atoms with Gasteiger partial charge in [0.25, 0.3) is 5.91 Å². The maximum absolute atomic E-state index is 12.7. The maximum Gasteiger partial charge on any atom is 0.339 e. The first-order valence-corrected chi connectivity index (χ1v) is 8.99. The lowest BCUT2D eigenvalue weighted by atomic mass is 10.1. The van der Waals surface area contributed by atoms with E-state index in [1.807, 2.05) is 44.2 Å². The van der Waals surface area contributed by atoms with Crippen molar-refractivity contribution in [1.82, 2.24) is 20.1 Å². The van der Waals surface area contributed by atoms with E-state index in [-0.39, 0.29) is 12.5 Å². The molecule has 0 radical (unpaired) electrons. The van der Waals surface area contributed by atoms with Crippen LogP contribution in [0.2, 0.25) is 0 Å². The molecule has 7 nitrogen and oxygen atoms in total. The van der Waals surface area contributed by atoms with Crippen LogP contribution in [-0.4, -0.2) is 39.8 Å². The molecular formula is C20H22N4O3. The van der Waals surface area contributed by atoms with Gasteiger partial charge in [-0.3, -0.25) is 4.79 Å². The van der Waals surface area contributed by atoms with Gasteiger partial charge >= 0.3 is 5.97 Å². The van der Waals surface area contributed by atoms with E-state index in [0.29, 0.717) is 35.4 Å². The number of aromatic nitrogens is 3. The molecule has 3 rings (SSSR count). The van der Waals surface area contributed by atoms with Crippen LogP contribution in [0.15, 0.2) is 42.6 Å². The Morgan fingerprint density at radius 1 is 1.19 bits per heavy atom. The molecule has 1 aromatic carbocycles. The fraction of sp³-hybridized carbons (Fsp3) is 0.300. The van der Waals surface area contributed by atoms with Crippen LogP contribution < -0.4 is 5.32 Å². The largest absolute Gasteiger partial charge is 0.452 e. The molecule has 0 bridgehead atoms. The molecule has 0 atom stereocenters. The zero-order chi connectivity index (χ0) is 19.2. The highest BCUT2D eigenvalue weighted by Gasteiger charge is 2.19. The standard InChI is InChI=1S/C20H22N4O3/c1-3-10-21-18(25)13-27-20(26)15-11-17(14-8-6-5-7-9-14)23-19-16(15)12-22-24(19)4-2/h5-9,11-12H,3-4,10,13H2,1-2H3,(H,21,25). The second-order valence-corrected chi connectivity index (χ2v) is 6.04. The molecule has 0 fully saturated rings. The molecule has 7 heteroatoms. The van der Waals surface area contributed by atoms with Gasteiger partial charge in [0.15, 0.2) is 12.3 Å². The van der Waals surface area contributed by atoms with Crippen LogP contribution >= 0.6 is 0 Å². The van der Waals surface area contributed by atoms with Crippen LogP contribution in [-0.2, 0) is 16.1 Å². The Hall–Kier alpha value is -3.22. The number of aryl methyl sites for hydroxylation is 1. The van der Waals surface area contributed by atoms with Crippen molar-refractivity contribution < 1.29 is 14.3 Å². The molecule has 3 aromatic rings. The van der Waals surface area contributed by atoms with E-state index in [2.05, 4.69) is 15.4 Å². The third-order valence-corrected chi connectivity index (χ3v) is 4.10. The topological polar surface area (TPSA) is 86.1 Å². The monoisotopic (exact) mass is 366 g/mol. The molecule has 0 spiro atoms. The van der Waals surface area contributed by atoms with Gasteiger partial charge in [0, 0.05) is 18.7 Å². The lowest BCUT2D eigenvalue weighted by molar-refractivity contribution is -0.124. The van der Waals surface area contributed by atoms with Crippen molar-refractivity contribution in [2.24, 2.45) is 0 Å². The van der Waals surface area contributed by atoms with Gasteiger partial charge in [0.2, 0.25) is 0 Å². The summed E-state index contributed by atoms with van der Waals surface area (Å²) in [6.45, 7) is 4.78. The van der Waals surface area contributed by atoms with Gasteiger partial charge in [-0.25, -0.2) is 14.5 Å². The number of fused-ring (bicyclic) bond motifs is 1. The van der Waals surface area contributed by atoms with E-state index in [4.69, 9.17) is 4.74 Å². The summed E-state index contributed by atoms with van der Waals surface area (Å²) < 4.78 is 6.94. The van der Waals surface area contributed by atoms with Crippen LogP contribution in [0.3, 0.4) is 0 Å². The van der Waals surface area contributed by atoms with E-state index in [9.17, 15) is 9.59 Å². The number of nitrogens with one attached hydrogen (secondary N) is 1. The average Bonchev–Trinajstić information content (AvgIpc) is 3.13. The SMILES string of the molecule is CCCNC(=O)COC(=O)c1cc(-c2ccccc2)nc2c1cnn2CC. The number of nitrogens with zero attached hydrogens (tertiary/aromatic N) is 3. The maximum atomic E-state index is 12.7. The molecule has 0 aliphatic heterocycles. The number of carbonyl (C=O) groups excluding carboxylic acids is 2. The number of benzene rings is 1. The van der Waals surface area contributed by atoms with Crippen molar-refractivity contribution in [3.05, 3.63) is 48.2 Å². The average molecular weight is 366 g/mol. The minimum atomic E-state index is -0.568. The van der Waals surface area contributed by atoms with E-state index >= 15 is 0 Å². The third-order valence-electron chi connectivity index (χ3n) is 4.10. The Labute approximate surface area is 157 Å². The first-order valence-electron chi connectivity index (χ1n) is 8.99. The van der Waals surface area contributed by atoms with Crippen LogP contribution in [0.4, 0.5) is 0 Å². The molecule has 1 amide bonds. The number of esters is 1. The van der Waals surface area contributed by atoms with Gasteiger partial charge in [-0.05, 0) is 19.4 Å². The number of pyridine rings is 1. The Morgan fingerprint density at radius 3 is 2.67 bits per heavy atom. The molecule has 0 saturated carbocycles. The smallest absolute Gasteiger partial charge is 0.339 e. The molecule has 0 unspecified atom stereocenters. The number of rotatable bonds is 7. The minimum absolute atomic E-state index is 0.314. The van der Waals surface area contributed by atoms with Crippen molar-refractivity contribution in [3.8, 4) is 11.3 Å². The van der Waals surface area contributed by atoms with Crippen LogP contribution in [0.5, 0.6) is 0 Å². The van der Waals surface area contributed by atoms with Gasteiger partial charge in [0.1, 0.15) is 0 Å². The number of ether oxygens (including phenoxy) is 1. The molecule has 0 aliphatic carbocycles. The zero-order valence-corrected chi connectivity index (χ0v) is 15.4. The molecule has 140 valence electrons. The van der Waals surface area contributed by atoms with Gasteiger partial charge in [0.05, 0.1) is 22.8 Å². The fourth-order valence-corrected chi connectivity index (χ4v) is 2.73. The summed E-state index contributed by atoms with van der Waals surface area (Å²) in [6, 6.07) is 11.3. The second-order valence-electron chi connectivity index (χ2n) is 6.04. The summed E-state index contributed by atoms with van der Waals surface area (Å²) in [5.74, 6) is -0.884. The molecule has 0 saturated heterocycles. The lowest BCUT2D eigenvalue weighted by Crippen LogP contribution is -2.29. The highest BCUT2D eigenvalue weighted by atomic mass is 16.5. The van der Waals surface area contributed by atoms with Gasteiger partial charge in [-0.2, -0.15) is 5.10 Å². The molecule has 2 aromatic heterocycles. The van der Waals surface area contributed by atoms with Gasteiger partial charge < -0.3 is 10.1 Å². The third kappa shape index (κ3) is 4.13. The van der Waals surface area contributed by atoms with Crippen molar-refractivity contribution in [3.63, 3.8) is 0 Å². The van der Waals surface area contributed by atoms with Crippen LogP contribution in [0.25, 0.3) is 22.3 Å². The summed E-state index contributed by atoms with van der Waals surface area (Å²) in [4.78, 5) is 29.0. The first kappa shape index (κ1) is 18.6. The number of amides is 1. The summed E-state index contributed by atoms with van der Waals surface area (Å²) in [5, 5.41) is 7.58. The highest BCUT2D eigenvalue weighted by molar-refractivity contribution is 6.04. The number of hydrogen-bond acceptors (Lipinski definition) is 5. The summed E-state index contributed by atoms with van der Waals surface area (Å²) in [5.41, 5.74) is 2.50. The Kier molecular flexibility index (Phi) is 5.80. The fourth-order valence-electron chi connectivity index (χ4n) is 2.73. The molecular weight excluding hydrogens is 344 g/mol. The number of carbonyl (C=O) groups is 2. The van der Waals surface area contributed by atoms with Crippen LogP contribution in [0.1, 0.15) is 30.6 Å². The van der Waals surface area contributed by atoms with Crippen LogP contribution in [0, 0.1) is 0 Å². The summed E-state index contributed by atoms with van der Waals surface area (Å²) in [7, 11) is 0. The summed E-state index contributed by atoms with van der Waals surface area (Å²) >= 11 is 0. The predicted octanol–water partition coefficient (Wildman–Crippen LogP) is 2.80. The van der Waals surface area contributed by atoms with E-state index in [1.54, 1.807) is 16.9 Å². The molecule has 2 heterocycles. The van der Waals surface area contributed by atoms with Gasteiger partial charge in [-0.15, -0.1) is 0 Å². The zero-order valence-electron chi connectivity index (χ0n) is 15.4. The first-order chi connectivity index (χ1) is 13.1. The number of hydrogen-bond donors (Lipinski definition) is 1. The lowest BCUT2D eigenvalue weighted by Gasteiger charge is -2.09. The van der Waals surface area contributed by atoms with Crippen molar-refractivity contribution in [1.29, 1.82) is 0 Å². The van der Waals surface area contributed by atoms with Gasteiger partial charge in [-0.1, -0.05) is 37.3 Å². The Bertz CT molecular complexity index is 951. The highest BCUT2D eigenvalue weighted by Crippen LogP contribution is 2.25. The quantitative estimate of drug-likeness (QED) is 0.650. The summed E-state index contributed by atoms with van der Waals surface area (Å²) in [6.07, 6.45) is 2.43. The Balaban J connectivity index is 1.94. The second kappa shape index (κ2) is 8.44. The molecule has 1 N–H and O–H groups in total. The van der Waals surface area contributed by atoms with Crippen molar-refractivity contribution in [2.75, 3.05) is 13.2 Å². The van der Waals surface area contributed by atoms with E-state index in [0.717, 1.165) is 12.0 Å². The van der Waals surface area contributed by atoms with E-state index < -0.39 is 5.97 Å². The predicted molar refractivity (Wildman–Crippen MR) is 102 cm³/mol. The normalized spacial score (nSPS) is 10.7. The molecule has 0 aliphatic rings. The molecule has 27 heavy (non-hydrogen) atoms. The van der Waals surface area contributed by atoms with Crippen molar-refractivity contribution >= 4 is 22.9 Å². The Morgan fingerprint density at radius 2 is 1.96 bits per heavy atom.